The summed E-state index contributed by atoms with van der Waals surface area (Å²) >= 11 is 0. The van der Waals surface area contributed by atoms with Crippen LogP contribution in [0.4, 0.5) is 0 Å². The first-order valence-corrected chi connectivity index (χ1v) is 9.18. The Balaban J connectivity index is 1.55. The first-order chi connectivity index (χ1) is 13.5. The van der Waals surface area contributed by atoms with E-state index in [-0.39, 0.29) is 23.5 Å². The fraction of sp³-hybridized carbons (Fsp3) is 0.273. The van der Waals surface area contributed by atoms with Gasteiger partial charge in [0.15, 0.2) is 0 Å². The van der Waals surface area contributed by atoms with E-state index in [1.54, 1.807) is 12.1 Å². The molecule has 0 spiro atoms. The number of aromatic nitrogens is 1. The number of ether oxygens (including phenoxy) is 2. The molecule has 0 amide bonds. The van der Waals surface area contributed by atoms with E-state index in [0.717, 1.165) is 12.1 Å². The molecule has 0 saturated heterocycles. The Morgan fingerprint density at radius 1 is 1.14 bits per heavy atom. The van der Waals surface area contributed by atoms with Crippen LogP contribution in [-0.2, 0) is 11.3 Å². The second-order valence-corrected chi connectivity index (χ2v) is 6.82. The Hall–Kier alpha value is -3.28. The SMILES string of the molecule is CC(C)CCOc1coc(COC(=O)c2ccc(-n3cccc3)cc2)cc1=O. The maximum atomic E-state index is 12.2. The predicted octanol–water partition coefficient (Wildman–Crippen LogP) is 4.21. The highest BCUT2D eigenvalue weighted by Gasteiger charge is 2.10. The number of hydrogen-bond acceptors (Lipinski definition) is 5. The molecule has 3 aromatic rings. The average Bonchev–Trinajstić information content (AvgIpc) is 3.22. The molecule has 0 saturated carbocycles. The molecule has 146 valence electrons. The first kappa shape index (κ1) is 19.5. The van der Waals surface area contributed by atoms with Crippen molar-refractivity contribution in [3.8, 4) is 11.4 Å². The molecule has 6 nitrogen and oxygen atoms in total. The van der Waals surface area contributed by atoms with Crippen LogP contribution < -0.4 is 10.2 Å². The molecule has 0 bridgehead atoms. The largest absolute Gasteiger partial charge is 0.487 e. The molecular formula is C22H23NO5. The van der Waals surface area contributed by atoms with Crippen molar-refractivity contribution in [1.29, 1.82) is 0 Å². The molecule has 0 fully saturated rings. The third-order valence-corrected chi connectivity index (χ3v) is 4.16. The van der Waals surface area contributed by atoms with E-state index in [9.17, 15) is 9.59 Å². The summed E-state index contributed by atoms with van der Waals surface area (Å²) in [5.41, 5.74) is 1.07. The minimum absolute atomic E-state index is 0.125. The number of rotatable bonds is 8. The van der Waals surface area contributed by atoms with Crippen LogP contribution in [0.5, 0.6) is 5.75 Å². The third-order valence-electron chi connectivity index (χ3n) is 4.16. The molecule has 28 heavy (non-hydrogen) atoms. The van der Waals surface area contributed by atoms with Gasteiger partial charge in [0.1, 0.15) is 18.6 Å². The minimum atomic E-state index is -0.487. The molecule has 0 unspecified atom stereocenters. The standard InChI is InChI=1S/C22H23NO5/c1-16(2)9-12-26-21-15-27-19(13-20(21)24)14-28-22(25)17-5-7-18(8-6-17)23-10-3-4-11-23/h3-8,10-11,13,15-16H,9,12,14H2,1-2H3. The van der Waals surface area contributed by atoms with Gasteiger partial charge in [0, 0.05) is 24.1 Å². The Morgan fingerprint density at radius 2 is 1.86 bits per heavy atom. The number of carbonyl (C=O) groups is 1. The van der Waals surface area contributed by atoms with Crippen molar-refractivity contribution in [1.82, 2.24) is 4.57 Å². The van der Waals surface area contributed by atoms with Crippen LogP contribution in [0, 0.1) is 5.92 Å². The summed E-state index contributed by atoms with van der Waals surface area (Å²) in [6.45, 7) is 4.49. The zero-order valence-electron chi connectivity index (χ0n) is 16.0. The van der Waals surface area contributed by atoms with Gasteiger partial charge in [0.05, 0.1) is 12.2 Å². The van der Waals surface area contributed by atoms with Gasteiger partial charge in [0.25, 0.3) is 0 Å². The van der Waals surface area contributed by atoms with E-state index >= 15 is 0 Å². The van der Waals surface area contributed by atoms with Crippen molar-refractivity contribution >= 4 is 5.97 Å². The number of benzene rings is 1. The lowest BCUT2D eigenvalue weighted by Crippen LogP contribution is -2.11. The fourth-order valence-electron chi connectivity index (χ4n) is 2.52. The van der Waals surface area contributed by atoms with E-state index in [0.29, 0.717) is 18.1 Å². The van der Waals surface area contributed by atoms with E-state index < -0.39 is 5.97 Å². The van der Waals surface area contributed by atoms with Crippen LogP contribution in [-0.4, -0.2) is 17.1 Å². The van der Waals surface area contributed by atoms with Crippen molar-refractivity contribution < 1.29 is 18.7 Å². The second-order valence-electron chi connectivity index (χ2n) is 6.82. The third kappa shape index (κ3) is 5.13. The Labute approximate surface area is 163 Å². The summed E-state index contributed by atoms with van der Waals surface area (Å²) in [4.78, 5) is 24.3. The highest BCUT2D eigenvalue weighted by Crippen LogP contribution is 2.13. The summed E-state index contributed by atoms with van der Waals surface area (Å²) < 4.78 is 17.9. The van der Waals surface area contributed by atoms with E-state index in [1.165, 1.54) is 12.3 Å². The van der Waals surface area contributed by atoms with Crippen LogP contribution >= 0.6 is 0 Å². The number of carbonyl (C=O) groups excluding carboxylic acids is 1. The summed E-state index contributed by atoms with van der Waals surface area (Å²) in [7, 11) is 0. The van der Waals surface area contributed by atoms with Crippen LogP contribution in [0.2, 0.25) is 0 Å². The quantitative estimate of drug-likeness (QED) is 0.547. The van der Waals surface area contributed by atoms with Crippen LogP contribution in [0.25, 0.3) is 5.69 Å². The molecule has 0 N–H and O–H groups in total. The first-order valence-electron chi connectivity index (χ1n) is 9.18. The lowest BCUT2D eigenvalue weighted by molar-refractivity contribution is 0.0442. The summed E-state index contributed by atoms with van der Waals surface area (Å²) in [5, 5.41) is 0. The molecule has 0 atom stereocenters. The molecule has 2 aromatic heterocycles. The lowest BCUT2D eigenvalue weighted by atomic mass is 10.1. The monoisotopic (exact) mass is 381 g/mol. The van der Waals surface area contributed by atoms with E-state index in [2.05, 4.69) is 13.8 Å². The number of nitrogens with zero attached hydrogens (tertiary/aromatic N) is 1. The summed E-state index contributed by atoms with van der Waals surface area (Å²) in [5.74, 6) is 0.428. The predicted molar refractivity (Wildman–Crippen MR) is 105 cm³/mol. The van der Waals surface area contributed by atoms with E-state index in [1.807, 2.05) is 41.2 Å². The van der Waals surface area contributed by atoms with Gasteiger partial charge < -0.3 is 18.5 Å². The van der Waals surface area contributed by atoms with Crippen molar-refractivity contribution in [2.45, 2.75) is 26.9 Å². The Kier molecular flexibility index (Phi) is 6.32. The zero-order valence-corrected chi connectivity index (χ0v) is 16.0. The van der Waals surface area contributed by atoms with Gasteiger partial charge >= 0.3 is 5.97 Å². The topological polar surface area (TPSA) is 70.7 Å². The maximum absolute atomic E-state index is 12.2. The fourth-order valence-corrected chi connectivity index (χ4v) is 2.52. The van der Waals surface area contributed by atoms with Gasteiger partial charge in [-0.2, -0.15) is 0 Å². The highest BCUT2D eigenvalue weighted by atomic mass is 16.5. The molecule has 6 heteroatoms. The molecule has 0 aliphatic rings. The van der Waals surface area contributed by atoms with Gasteiger partial charge in [-0.1, -0.05) is 13.8 Å². The molecule has 1 aromatic carbocycles. The Bertz CT molecular complexity index is 955. The number of esters is 1. The van der Waals surface area contributed by atoms with Crippen molar-refractivity contribution in [3.05, 3.63) is 82.7 Å². The molecule has 0 aliphatic heterocycles. The molecule has 3 rings (SSSR count). The molecule has 2 heterocycles. The van der Waals surface area contributed by atoms with Crippen molar-refractivity contribution in [3.63, 3.8) is 0 Å². The molecular weight excluding hydrogens is 358 g/mol. The normalized spacial score (nSPS) is 10.8. The minimum Gasteiger partial charge on any atom is -0.487 e. The summed E-state index contributed by atoms with van der Waals surface area (Å²) in [6.07, 6.45) is 5.96. The van der Waals surface area contributed by atoms with E-state index in [4.69, 9.17) is 13.9 Å². The lowest BCUT2D eigenvalue weighted by Gasteiger charge is -2.08. The molecule has 0 aliphatic carbocycles. The smallest absolute Gasteiger partial charge is 0.338 e. The molecule has 0 radical (unpaired) electrons. The van der Waals surface area contributed by atoms with Gasteiger partial charge in [0.2, 0.25) is 11.2 Å². The summed E-state index contributed by atoms with van der Waals surface area (Å²) in [6, 6.07) is 12.2. The zero-order chi connectivity index (χ0) is 19.9. The van der Waals surface area contributed by atoms with Crippen LogP contribution in [0.15, 0.2) is 70.3 Å². The Morgan fingerprint density at radius 3 is 2.50 bits per heavy atom. The number of hydrogen-bond donors (Lipinski definition) is 0. The van der Waals surface area contributed by atoms with Crippen LogP contribution in [0.1, 0.15) is 36.4 Å². The second kappa shape index (κ2) is 9.08. The van der Waals surface area contributed by atoms with Crippen molar-refractivity contribution in [2.24, 2.45) is 5.92 Å². The highest BCUT2D eigenvalue weighted by molar-refractivity contribution is 5.89. The van der Waals surface area contributed by atoms with Crippen LogP contribution in [0.3, 0.4) is 0 Å². The van der Waals surface area contributed by atoms with Gasteiger partial charge in [-0.3, -0.25) is 4.79 Å². The van der Waals surface area contributed by atoms with Crippen molar-refractivity contribution in [2.75, 3.05) is 6.61 Å². The van der Waals surface area contributed by atoms with Gasteiger partial charge in [-0.05, 0) is 48.7 Å². The van der Waals surface area contributed by atoms with Gasteiger partial charge in [-0.25, -0.2) is 4.79 Å². The maximum Gasteiger partial charge on any atom is 0.338 e. The average molecular weight is 381 g/mol. The van der Waals surface area contributed by atoms with Gasteiger partial charge in [-0.15, -0.1) is 0 Å².